The molecule has 3 rings (SSSR count). The average molecular weight is 313 g/mol. The molecule has 2 heterocycles. The third-order valence-electron chi connectivity index (χ3n) is 4.48. The molecule has 0 spiro atoms. The van der Waals surface area contributed by atoms with Crippen LogP contribution in [0.4, 0.5) is 0 Å². The first-order valence-electron chi connectivity index (χ1n) is 8.09. The zero-order valence-corrected chi connectivity index (χ0v) is 13.6. The van der Waals surface area contributed by atoms with Crippen molar-refractivity contribution in [1.82, 2.24) is 20.1 Å². The van der Waals surface area contributed by atoms with E-state index in [0.717, 1.165) is 30.8 Å². The van der Waals surface area contributed by atoms with Gasteiger partial charge in [0.2, 0.25) is 0 Å². The molecule has 2 atom stereocenters. The molecule has 1 fully saturated rings. The lowest BCUT2D eigenvalue weighted by Gasteiger charge is -2.38. The van der Waals surface area contributed by atoms with Gasteiger partial charge in [0.1, 0.15) is 5.82 Å². The van der Waals surface area contributed by atoms with Crippen molar-refractivity contribution in [2.24, 2.45) is 11.7 Å². The molecule has 1 saturated heterocycles. The van der Waals surface area contributed by atoms with Crippen LogP contribution in [0.15, 0.2) is 24.3 Å². The number of amides is 1. The molecule has 1 aliphatic rings. The Morgan fingerprint density at radius 3 is 3.00 bits per heavy atom. The lowest BCUT2D eigenvalue weighted by Crippen LogP contribution is -2.49. The lowest BCUT2D eigenvalue weighted by atomic mass is 9.91. The van der Waals surface area contributed by atoms with Gasteiger partial charge in [0, 0.05) is 30.3 Å². The normalized spacial score (nSPS) is 21.4. The molecule has 3 N–H and O–H groups in total. The first kappa shape index (κ1) is 15.7. The number of hydrogen-bond acceptors (Lipinski definition) is 4. The van der Waals surface area contributed by atoms with Gasteiger partial charge in [-0.3, -0.25) is 9.89 Å². The minimum absolute atomic E-state index is 0.0430. The van der Waals surface area contributed by atoms with Gasteiger partial charge in [-0.05, 0) is 37.8 Å². The monoisotopic (exact) mass is 313 g/mol. The molecule has 23 heavy (non-hydrogen) atoms. The summed E-state index contributed by atoms with van der Waals surface area (Å²) in [5.74, 6) is 2.03. The Morgan fingerprint density at radius 2 is 2.30 bits per heavy atom. The van der Waals surface area contributed by atoms with Crippen molar-refractivity contribution in [3.63, 3.8) is 0 Å². The number of hydrogen-bond donors (Lipinski definition) is 2. The Kier molecular flexibility index (Phi) is 4.43. The number of aromatic amines is 1. The van der Waals surface area contributed by atoms with Crippen LogP contribution in [0.1, 0.15) is 35.9 Å². The second-order valence-electron chi connectivity index (χ2n) is 6.34. The summed E-state index contributed by atoms with van der Waals surface area (Å²) >= 11 is 0. The van der Waals surface area contributed by atoms with Gasteiger partial charge >= 0.3 is 0 Å². The van der Waals surface area contributed by atoms with Crippen molar-refractivity contribution in [3.8, 4) is 11.4 Å². The van der Waals surface area contributed by atoms with Crippen LogP contribution < -0.4 is 5.73 Å². The van der Waals surface area contributed by atoms with Crippen LogP contribution in [0.3, 0.4) is 0 Å². The fraction of sp³-hybridized carbons (Fsp3) is 0.471. The topological polar surface area (TPSA) is 87.9 Å². The summed E-state index contributed by atoms with van der Waals surface area (Å²) in [7, 11) is 0. The Bertz CT molecular complexity index is 696. The predicted molar refractivity (Wildman–Crippen MR) is 88.8 cm³/mol. The van der Waals surface area contributed by atoms with E-state index >= 15 is 0 Å². The maximum atomic E-state index is 12.9. The second-order valence-corrected chi connectivity index (χ2v) is 6.34. The third-order valence-corrected chi connectivity index (χ3v) is 4.48. The number of rotatable bonds is 3. The SMILES string of the molecule is Cc1nc(-c2cccc(C(=O)N3CCC(C)CC3CN)c2)n[nH]1. The highest BCUT2D eigenvalue weighted by Gasteiger charge is 2.29. The number of carbonyl (C=O) groups is 1. The maximum Gasteiger partial charge on any atom is 0.254 e. The van der Waals surface area contributed by atoms with Crippen LogP contribution in [0.2, 0.25) is 0 Å². The molecule has 6 nitrogen and oxygen atoms in total. The molecule has 6 heteroatoms. The Labute approximate surface area is 136 Å². The zero-order chi connectivity index (χ0) is 16.4. The van der Waals surface area contributed by atoms with E-state index in [1.165, 1.54) is 0 Å². The first-order chi connectivity index (χ1) is 11.1. The largest absolute Gasteiger partial charge is 0.334 e. The molecule has 0 aliphatic carbocycles. The average Bonchev–Trinajstić information content (AvgIpc) is 3.01. The van der Waals surface area contributed by atoms with E-state index < -0.39 is 0 Å². The molecular formula is C17H23N5O. The number of benzene rings is 1. The molecule has 0 radical (unpaired) electrons. The molecule has 0 saturated carbocycles. The second kappa shape index (κ2) is 6.50. The van der Waals surface area contributed by atoms with Crippen molar-refractivity contribution >= 4 is 5.91 Å². The molecule has 1 aromatic carbocycles. The van der Waals surface area contributed by atoms with E-state index in [9.17, 15) is 4.79 Å². The van der Waals surface area contributed by atoms with Gasteiger partial charge in [-0.2, -0.15) is 5.10 Å². The molecule has 1 aromatic heterocycles. The highest BCUT2D eigenvalue weighted by Crippen LogP contribution is 2.25. The Hall–Kier alpha value is -2.21. The number of nitrogens with two attached hydrogens (primary N) is 1. The molecule has 122 valence electrons. The summed E-state index contributed by atoms with van der Waals surface area (Å²) in [5, 5.41) is 6.99. The van der Waals surface area contributed by atoms with Crippen LogP contribution in [-0.4, -0.2) is 45.1 Å². The highest BCUT2D eigenvalue weighted by molar-refractivity contribution is 5.95. The number of carbonyl (C=O) groups excluding carboxylic acids is 1. The van der Waals surface area contributed by atoms with Gasteiger partial charge in [-0.25, -0.2) is 4.98 Å². The van der Waals surface area contributed by atoms with Crippen LogP contribution in [-0.2, 0) is 0 Å². The Morgan fingerprint density at radius 1 is 1.48 bits per heavy atom. The van der Waals surface area contributed by atoms with Crippen LogP contribution >= 0.6 is 0 Å². The van der Waals surface area contributed by atoms with Gasteiger partial charge in [-0.1, -0.05) is 19.1 Å². The Balaban J connectivity index is 1.85. The molecule has 2 aromatic rings. The number of nitrogens with one attached hydrogen (secondary N) is 1. The van der Waals surface area contributed by atoms with Crippen LogP contribution in [0, 0.1) is 12.8 Å². The molecule has 0 bridgehead atoms. The number of piperidine rings is 1. The number of H-pyrrole nitrogens is 1. The molecule has 1 aliphatic heterocycles. The number of nitrogens with zero attached hydrogens (tertiary/aromatic N) is 3. The van der Waals surface area contributed by atoms with Gasteiger partial charge in [0.05, 0.1) is 0 Å². The van der Waals surface area contributed by atoms with Crippen molar-refractivity contribution in [2.75, 3.05) is 13.1 Å². The first-order valence-corrected chi connectivity index (χ1v) is 8.09. The number of aromatic nitrogens is 3. The van der Waals surface area contributed by atoms with E-state index in [0.29, 0.717) is 23.9 Å². The standard InChI is InChI=1S/C17H23N5O/c1-11-6-7-22(15(8-11)10-18)17(23)14-5-3-4-13(9-14)16-19-12(2)20-21-16/h3-5,9,11,15H,6-8,10,18H2,1-2H3,(H,19,20,21). The van der Waals surface area contributed by atoms with E-state index in [2.05, 4.69) is 22.1 Å². The summed E-state index contributed by atoms with van der Waals surface area (Å²) in [6.07, 6.45) is 2.00. The van der Waals surface area contributed by atoms with Gasteiger partial charge < -0.3 is 10.6 Å². The van der Waals surface area contributed by atoms with Crippen LogP contribution in [0.5, 0.6) is 0 Å². The van der Waals surface area contributed by atoms with Crippen molar-refractivity contribution in [3.05, 3.63) is 35.7 Å². The zero-order valence-electron chi connectivity index (χ0n) is 13.6. The van der Waals surface area contributed by atoms with Gasteiger partial charge in [-0.15, -0.1) is 0 Å². The highest BCUT2D eigenvalue weighted by atomic mass is 16.2. The summed E-state index contributed by atoms with van der Waals surface area (Å²) in [6, 6.07) is 7.62. The summed E-state index contributed by atoms with van der Waals surface area (Å²) in [4.78, 5) is 19.1. The molecule has 2 unspecified atom stereocenters. The number of likely N-dealkylation sites (tertiary alicyclic amines) is 1. The van der Waals surface area contributed by atoms with Crippen LogP contribution in [0.25, 0.3) is 11.4 Å². The summed E-state index contributed by atoms with van der Waals surface area (Å²) < 4.78 is 0. The molecular weight excluding hydrogens is 290 g/mol. The van der Waals surface area contributed by atoms with E-state index in [4.69, 9.17) is 5.73 Å². The minimum Gasteiger partial charge on any atom is -0.334 e. The minimum atomic E-state index is 0.0430. The van der Waals surface area contributed by atoms with E-state index in [-0.39, 0.29) is 11.9 Å². The smallest absolute Gasteiger partial charge is 0.254 e. The van der Waals surface area contributed by atoms with Gasteiger partial charge in [0.25, 0.3) is 5.91 Å². The lowest BCUT2D eigenvalue weighted by molar-refractivity contribution is 0.0573. The molecule has 1 amide bonds. The maximum absolute atomic E-state index is 12.9. The fourth-order valence-corrected chi connectivity index (χ4v) is 3.17. The van der Waals surface area contributed by atoms with Crippen molar-refractivity contribution in [2.45, 2.75) is 32.7 Å². The number of aryl methyl sites for hydroxylation is 1. The fourth-order valence-electron chi connectivity index (χ4n) is 3.17. The van der Waals surface area contributed by atoms with E-state index in [1.54, 1.807) is 0 Å². The summed E-state index contributed by atoms with van der Waals surface area (Å²) in [6.45, 7) is 5.35. The predicted octanol–water partition coefficient (Wildman–Crippen LogP) is 1.98. The third kappa shape index (κ3) is 3.27. The van der Waals surface area contributed by atoms with Crippen molar-refractivity contribution < 1.29 is 4.79 Å². The summed E-state index contributed by atoms with van der Waals surface area (Å²) in [5.41, 5.74) is 7.38. The quantitative estimate of drug-likeness (QED) is 0.907. The van der Waals surface area contributed by atoms with E-state index in [1.807, 2.05) is 36.1 Å². The van der Waals surface area contributed by atoms with Crippen molar-refractivity contribution in [1.29, 1.82) is 0 Å². The van der Waals surface area contributed by atoms with Gasteiger partial charge in [0.15, 0.2) is 5.82 Å².